The maximum atomic E-state index is 11.1. The third-order valence-electron chi connectivity index (χ3n) is 3.89. The molecule has 0 spiro atoms. The van der Waals surface area contributed by atoms with Crippen molar-refractivity contribution in [3.63, 3.8) is 0 Å². The van der Waals surface area contributed by atoms with Crippen LogP contribution in [0.15, 0.2) is 21.8 Å². The van der Waals surface area contributed by atoms with E-state index in [1.54, 1.807) is 11.3 Å². The Morgan fingerprint density at radius 1 is 1.59 bits per heavy atom. The average Bonchev–Trinajstić information content (AvgIpc) is 2.99. The Labute approximate surface area is 136 Å². The number of amides is 1. The SMILES string of the molecule is CCNC(=NCCc1ccsc1)N1CCCC(CC(N)=O)C1. The summed E-state index contributed by atoms with van der Waals surface area (Å²) in [6.45, 7) is 5.59. The van der Waals surface area contributed by atoms with Crippen LogP contribution in [0, 0.1) is 5.92 Å². The van der Waals surface area contributed by atoms with E-state index in [9.17, 15) is 4.79 Å². The molecule has 0 bridgehead atoms. The minimum absolute atomic E-state index is 0.203. The van der Waals surface area contributed by atoms with Gasteiger partial charge in [-0.2, -0.15) is 11.3 Å². The van der Waals surface area contributed by atoms with E-state index in [4.69, 9.17) is 10.7 Å². The minimum atomic E-state index is -0.203. The Hall–Kier alpha value is -1.56. The van der Waals surface area contributed by atoms with Gasteiger partial charge < -0.3 is 16.0 Å². The second-order valence-electron chi connectivity index (χ2n) is 5.74. The number of guanidine groups is 1. The fourth-order valence-electron chi connectivity index (χ4n) is 2.86. The number of nitrogens with one attached hydrogen (secondary N) is 1. The number of aliphatic imine (C=N–C) groups is 1. The van der Waals surface area contributed by atoms with Gasteiger partial charge in [-0.15, -0.1) is 0 Å². The van der Waals surface area contributed by atoms with Gasteiger partial charge in [0.15, 0.2) is 5.96 Å². The molecule has 1 aliphatic heterocycles. The first-order valence-electron chi connectivity index (χ1n) is 8.01. The van der Waals surface area contributed by atoms with Crippen LogP contribution in [-0.2, 0) is 11.2 Å². The van der Waals surface area contributed by atoms with E-state index in [0.717, 1.165) is 51.4 Å². The first-order chi connectivity index (χ1) is 10.7. The zero-order valence-corrected chi connectivity index (χ0v) is 14.1. The molecule has 1 aromatic heterocycles. The van der Waals surface area contributed by atoms with E-state index < -0.39 is 0 Å². The van der Waals surface area contributed by atoms with E-state index in [0.29, 0.717) is 12.3 Å². The van der Waals surface area contributed by atoms with Gasteiger partial charge >= 0.3 is 0 Å². The zero-order chi connectivity index (χ0) is 15.8. The third kappa shape index (κ3) is 5.33. The Kier molecular flexibility index (Phi) is 6.71. The van der Waals surface area contributed by atoms with Crippen molar-refractivity contribution in [2.45, 2.75) is 32.6 Å². The Morgan fingerprint density at radius 2 is 2.45 bits per heavy atom. The highest BCUT2D eigenvalue weighted by Crippen LogP contribution is 2.19. The fourth-order valence-corrected chi connectivity index (χ4v) is 3.56. The number of thiophene rings is 1. The van der Waals surface area contributed by atoms with Gasteiger partial charge in [-0.25, -0.2) is 0 Å². The van der Waals surface area contributed by atoms with Crippen molar-refractivity contribution in [2.75, 3.05) is 26.2 Å². The van der Waals surface area contributed by atoms with Crippen LogP contribution in [0.1, 0.15) is 31.7 Å². The summed E-state index contributed by atoms with van der Waals surface area (Å²) in [6, 6.07) is 2.15. The molecule has 2 heterocycles. The maximum Gasteiger partial charge on any atom is 0.217 e. The van der Waals surface area contributed by atoms with Crippen LogP contribution in [0.4, 0.5) is 0 Å². The Balaban J connectivity index is 1.92. The number of primary amides is 1. The molecular weight excluding hydrogens is 296 g/mol. The molecule has 1 unspecified atom stereocenters. The molecule has 0 aliphatic carbocycles. The van der Waals surface area contributed by atoms with Crippen molar-refractivity contribution in [3.05, 3.63) is 22.4 Å². The van der Waals surface area contributed by atoms with Crippen molar-refractivity contribution >= 4 is 23.2 Å². The number of likely N-dealkylation sites (tertiary alicyclic amines) is 1. The number of rotatable bonds is 6. The summed E-state index contributed by atoms with van der Waals surface area (Å²) in [5.74, 6) is 1.12. The monoisotopic (exact) mass is 322 g/mol. The van der Waals surface area contributed by atoms with Crippen LogP contribution in [0.2, 0.25) is 0 Å². The van der Waals surface area contributed by atoms with Gasteiger partial charge in [0.05, 0.1) is 0 Å². The van der Waals surface area contributed by atoms with Crippen molar-refractivity contribution in [1.82, 2.24) is 10.2 Å². The van der Waals surface area contributed by atoms with Gasteiger partial charge in [-0.1, -0.05) is 0 Å². The first kappa shape index (κ1) is 16.8. The van der Waals surface area contributed by atoms with Crippen molar-refractivity contribution < 1.29 is 4.79 Å². The second-order valence-corrected chi connectivity index (χ2v) is 6.52. The van der Waals surface area contributed by atoms with E-state index in [1.807, 2.05) is 0 Å². The van der Waals surface area contributed by atoms with Gasteiger partial charge in [0, 0.05) is 32.6 Å². The highest BCUT2D eigenvalue weighted by Gasteiger charge is 2.23. The lowest BCUT2D eigenvalue weighted by Crippen LogP contribution is -2.47. The van der Waals surface area contributed by atoms with E-state index in [-0.39, 0.29) is 5.91 Å². The van der Waals surface area contributed by atoms with Crippen LogP contribution in [0.5, 0.6) is 0 Å². The fraction of sp³-hybridized carbons (Fsp3) is 0.625. The second kappa shape index (κ2) is 8.78. The van der Waals surface area contributed by atoms with Crippen LogP contribution in [0.25, 0.3) is 0 Å². The molecule has 1 aliphatic rings. The number of nitrogens with two attached hydrogens (primary N) is 1. The van der Waals surface area contributed by atoms with Crippen LogP contribution >= 0.6 is 11.3 Å². The predicted molar refractivity (Wildman–Crippen MR) is 92.1 cm³/mol. The number of hydrogen-bond donors (Lipinski definition) is 2. The normalized spacial score (nSPS) is 19.2. The van der Waals surface area contributed by atoms with Gasteiger partial charge in [0.25, 0.3) is 0 Å². The zero-order valence-electron chi connectivity index (χ0n) is 13.3. The molecule has 0 aromatic carbocycles. The molecule has 2 rings (SSSR count). The molecular formula is C16H26N4OS. The molecule has 1 saturated heterocycles. The van der Waals surface area contributed by atoms with E-state index >= 15 is 0 Å². The summed E-state index contributed by atoms with van der Waals surface area (Å²) in [5, 5.41) is 7.64. The molecule has 1 amide bonds. The lowest BCUT2D eigenvalue weighted by atomic mass is 9.95. The van der Waals surface area contributed by atoms with Crippen LogP contribution < -0.4 is 11.1 Å². The lowest BCUT2D eigenvalue weighted by Gasteiger charge is -2.34. The molecule has 122 valence electrons. The Morgan fingerprint density at radius 3 is 3.14 bits per heavy atom. The quantitative estimate of drug-likeness (QED) is 0.620. The van der Waals surface area contributed by atoms with Gasteiger partial charge in [0.1, 0.15) is 0 Å². The van der Waals surface area contributed by atoms with Crippen molar-refractivity contribution in [2.24, 2.45) is 16.6 Å². The van der Waals surface area contributed by atoms with Gasteiger partial charge in [-0.3, -0.25) is 9.79 Å². The molecule has 22 heavy (non-hydrogen) atoms. The van der Waals surface area contributed by atoms with Crippen molar-refractivity contribution in [3.8, 4) is 0 Å². The summed E-state index contributed by atoms with van der Waals surface area (Å²) < 4.78 is 0. The molecule has 0 radical (unpaired) electrons. The molecule has 0 saturated carbocycles. The predicted octanol–water partition coefficient (Wildman–Crippen LogP) is 1.84. The number of carbonyl (C=O) groups excluding carboxylic acids is 1. The van der Waals surface area contributed by atoms with Crippen LogP contribution in [-0.4, -0.2) is 42.9 Å². The summed E-state index contributed by atoms with van der Waals surface area (Å²) in [4.78, 5) is 18.1. The molecule has 5 nitrogen and oxygen atoms in total. The number of nitrogens with zero attached hydrogens (tertiary/aromatic N) is 2. The lowest BCUT2D eigenvalue weighted by molar-refractivity contribution is -0.119. The highest BCUT2D eigenvalue weighted by molar-refractivity contribution is 7.07. The molecule has 1 aromatic rings. The average molecular weight is 322 g/mol. The summed E-state index contributed by atoms with van der Waals surface area (Å²) in [6.07, 6.45) is 3.61. The maximum absolute atomic E-state index is 11.1. The van der Waals surface area contributed by atoms with E-state index in [1.165, 1.54) is 5.56 Å². The molecule has 1 atom stereocenters. The smallest absolute Gasteiger partial charge is 0.217 e. The topological polar surface area (TPSA) is 70.7 Å². The number of hydrogen-bond acceptors (Lipinski definition) is 3. The third-order valence-corrected chi connectivity index (χ3v) is 4.62. The van der Waals surface area contributed by atoms with Crippen molar-refractivity contribution in [1.29, 1.82) is 0 Å². The molecule has 3 N–H and O–H groups in total. The van der Waals surface area contributed by atoms with Gasteiger partial charge in [-0.05, 0) is 54.5 Å². The standard InChI is InChI=1S/C16H26N4OS/c1-2-18-16(19-7-5-13-6-9-22-12-13)20-8-3-4-14(11-20)10-15(17)21/h6,9,12,14H,2-5,7-8,10-11H2,1H3,(H2,17,21)(H,18,19). The highest BCUT2D eigenvalue weighted by atomic mass is 32.1. The first-order valence-corrected chi connectivity index (χ1v) is 8.96. The van der Waals surface area contributed by atoms with E-state index in [2.05, 4.69) is 34.0 Å². The molecule has 1 fully saturated rings. The number of carbonyl (C=O) groups is 1. The summed E-state index contributed by atoms with van der Waals surface area (Å²) >= 11 is 1.72. The summed E-state index contributed by atoms with van der Waals surface area (Å²) in [7, 11) is 0. The summed E-state index contributed by atoms with van der Waals surface area (Å²) in [5.41, 5.74) is 6.68. The Bertz CT molecular complexity index is 486. The number of piperidine rings is 1. The largest absolute Gasteiger partial charge is 0.370 e. The van der Waals surface area contributed by atoms with Crippen LogP contribution in [0.3, 0.4) is 0 Å². The van der Waals surface area contributed by atoms with Gasteiger partial charge in [0.2, 0.25) is 5.91 Å². The molecule has 6 heteroatoms. The minimum Gasteiger partial charge on any atom is -0.370 e.